The number of hydrogen-bond acceptors (Lipinski definition) is 17. The van der Waals surface area contributed by atoms with Crippen molar-refractivity contribution in [2.75, 3.05) is 52.7 Å². The molecule has 17 nitrogen and oxygen atoms in total. The van der Waals surface area contributed by atoms with Crippen molar-refractivity contribution >= 4 is 41.5 Å². The number of hydrogen-bond donors (Lipinski definition) is 5. The second kappa shape index (κ2) is 16.8. The first-order chi connectivity index (χ1) is 32.4. The average molecular weight is 955 g/mol. The maximum Gasteiger partial charge on any atom is 0.331 e. The van der Waals surface area contributed by atoms with E-state index in [-0.39, 0.29) is 72.2 Å². The van der Waals surface area contributed by atoms with E-state index in [1.807, 2.05) is 38.7 Å². The topological polar surface area (TPSA) is 213 Å². The molecule has 4 bridgehead atoms. The molecule has 0 radical (unpaired) electrons. The van der Waals surface area contributed by atoms with Crippen molar-refractivity contribution in [3.8, 4) is 46.3 Å². The summed E-state index contributed by atoms with van der Waals surface area (Å²) in [6, 6.07) is 5.22. The third kappa shape index (κ3) is 6.71. The highest BCUT2D eigenvalue weighted by molar-refractivity contribution is 8.00. The predicted octanol–water partition coefficient (Wildman–Crippen LogP) is 4.69. The minimum Gasteiger partial charge on any atom is -0.504 e. The maximum absolute atomic E-state index is 15.0. The van der Waals surface area contributed by atoms with Crippen LogP contribution in [-0.4, -0.2) is 126 Å². The largest absolute Gasteiger partial charge is 0.504 e. The smallest absolute Gasteiger partial charge is 0.331 e. The normalized spacial score (nSPS) is 31.0. The van der Waals surface area contributed by atoms with E-state index in [9.17, 15) is 25.1 Å². The molecular formula is C48H54N6O11S2. The van der Waals surface area contributed by atoms with Crippen molar-refractivity contribution in [2.45, 2.75) is 111 Å². The molecule has 0 aliphatic carbocycles. The molecule has 3 aromatic rings. The van der Waals surface area contributed by atoms with Crippen LogP contribution in [0, 0.1) is 25.2 Å². The van der Waals surface area contributed by atoms with Gasteiger partial charge in [0.2, 0.25) is 6.79 Å². The molecule has 354 valence electrons. The molecule has 9 aliphatic heterocycles. The number of esters is 2. The molecule has 1 spiro atoms. The van der Waals surface area contributed by atoms with Crippen molar-refractivity contribution in [1.82, 2.24) is 25.8 Å². The molecule has 4 fully saturated rings. The van der Waals surface area contributed by atoms with Crippen molar-refractivity contribution in [3.05, 3.63) is 62.7 Å². The van der Waals surface area contributed by atoms with E-state index in [4.69, 9.17) is 28.4 Å². The van der Waals surface area contributed by atoms with E-state index >= 15 is 4.79 Å². The Bertz CT molecular complexity index is 2650. The van der Waals surface area contributed by atoms with E-state index in [1.165, 1.54) is 18.9 Å². The Morgan fingerprint density at radius 2 is 1.82 bits per heavy atom. The summed E-state index contributed by atoms with van der Waals surface area (Å²) in [5.74, 6) is 1.85. The zero-order valence-electron chi connectivity index (χ0n) is 37.9. The number of thioether (sulfide) groups is 2. The van der Waals surface area contributed by atoms with Gasteiger partial charge in [-0.15, -0.1) is 11.8 Å². The Labute approximate surface area is 396 Å². The number of ether oxygens (including phenoxy) is 6. The van der Waals surface area contributed by atoms with Gasteiger partial charge in [0.25, 0.3) is 0 Å². The van der Waals surface area contributed by atoms with Gasteiger partial charge in [0.1, 0.15) is 18.4 Å². The van der Waals surface area contributed by atoms with Gasteiger partial charge < -0.3 is 49.3 Å². The molecular weight excluding hydrogens is 901 g/mol. The molecule has 2 amide bonds. The third-order valence-electron chi connectivity index (χ3n) is 15.5. The van der Waals surface area contributed by atoms with Gasteiger partial charge in [-0.1, -0.05) is 12.5 Å². The number of likely N-dealkylation sites (N-methyl/N-ethyl adjacent to an activating group) is 1. The number of nitriles is 1. The molecule has 12 rings (SSSR count). The number of phenolic OH excluding ortho intramolecular Hbond substituents is 2. The lowest BCUT2D eigenvalue weighted by atomic mass is 9.71. The number of carbonyl (C=O) groups excluding carboxylic acids is 3. The highest BCUT2D eigenvalue weighted by atomic mass is 32.2. The van der Waals surface area contributed by atoms with Crippen molar-refractivity contribution in [3.63, 3.8) is 0 Å². The molecule has 5 N–H and O–H groups in total. The SMILES string of the molecule is COc1cc2c(cc1O)CCN[C@]21CS[C@@H]2c3c(OC(=O)CCCCC4SCC5NC(=O)NC54)c(C)c4c(c3[C@H](COC1=O)N1C2[C@H]2c3c(cc(C)c(OC)c3O)C[C@@H]([C@@H]1C#N)N2C)OCO4. The molecule has 4 saturated heterocycles. The summed E-state index contributed by atoms with van der Waals surface area (Å²) in [6.07, 6.45) is 3.35. The van der Waals surface area contributed by atoms with E-state index in [1.54, 1.807) is 19.2 Å². The lowest BCUT2D eigenvalue weighted by Crippen LogP contribution is -2.69. The Balaban J connectivity index is 1.05. The number of urea groups is 1. The molecule has 67 heavy (non-hydrogen) atoms. The van der Waals surface area contributed by atoms with E-state index in [0.717, 1.165) is 35.3 Å². The van der Waals surface area contributed by atoms with Gasteiger partial charge in [-0.3, -0.25) is 19.9 Å². The van der Waals surface area contributed by atoms with Crippen molar-refractivity contribution in [2.24, 2.45) is 0 Å². The van der Waals surface area contributed by atoms with Gasteiger partial charge >= 0.3 is 18.0 Å². The fourth-order valence-electron chi connectivity index (χ4n) is 12.5. The van der Waals surface area contributed by atoms with Crippen LogP contribution in [0.15, 0.2) is 18.2 Å². The van der Waals surface area contributed by atoms with Gasteiger partial charge in [0, 0.05) is 64.1 Å². The molecule has 9 aliphatic rings. The molecule has 3 aromatic carbocycles. The first-order valence-corrected chi connectivity index (χ1v) is 25.1. The third-order valence-corrected chi connectivity index (χ3v) is 18.4. The number of nitrogens with zero attached hydrogens (tertiary/aromatic N) is 3. The first-order valence-electron chi connectivity index (χ1n) is 23.0. The Hall–Kier alpha value is -5.26. The van der Waals surface area contributed by atoms with Crippen LogP contribution in [0.5, 0.6) is 40.2 Å². The monoisotopic (exact) mass is 954 g/mol. The van der Waals surface area contributed by atoms with Crippen molar-refractivity contribution in [1.29, 1.82) is 5.26 Å². The number of nitrogens with one attached hydrogen (secondary N) is 3. The van der Waals surface area contributed by atoms with Gasteiger partial charge in [-0.2, -0.15) is 17.0 Å². The minimum absolute atomic E-state index is 0.0322. The second-order valence-corrected chi connectivity index (χ2v) is 21.2. The number of methoxy groups -OCH3 is 2. The van der Waals surface area contributed by atoms with Crippen LogP contribution in [0.2, 0.25) is 0 Å². The number of benzene rings is 3. The number of aryl methyl sites for hydroxylation is 1. The summed E-state index contributed by atoms with van der Waals surface area (Å²) in [5.41, 5.74) is 4.31. The van der Waals surface area contributed by atoms with Crippen LogP contribution in [0.1, 0.15) is 87.5 Å². The summed E-state index contributed by atoms with van der Waals surface area (Å²) in [4.78, 5) is 45.6. The van der Waals surface area contributed by atoms with E-state index < -0.39 is 46.9 Å². The Morgan fingerprint density at radius 3 is 2.61 bits per heavy atom. The molecule has 19 heteroatoms. The highest BCUT2D eigenvalue weighted by Crippen LogP contribution is 2.65. The van der Waals surface area contributed by atoms with Crippen LogP contribution >= 0.6 is 23.5 Å². The van der Waals surface area contributed by atoms with Gasteiger partial charge in [-0.05, 0) is 81.0 Å². The van der Waals surface area contributed by atoms with Crippen LogP contribution in [-0.2, 0) is 32.7 Å². The molecule has 9 heterocycles. The summed E-state index contributed by atoms with van der Waals surface area (Å²) >= 11 is 3.32. The number of aromatic hydroxyl groups is 2. The summed E-state index contributed by atoms with van der Waals surface area (Å²) in [7, 11) is 5.00. The Morgan fingerprint density at radius 1 is 1.00 bits per heavy atom. The van der Waals surface area contributed by atoms with Gasteiger partial charge in [0.15, 0.2) is 40.0 Å². The number of carbonyl (C=O) groups is 3. The number of amides is 2. The van der Waals surface area contributed by atoms with Gasteiger partial charge in [-0.25, -0.2) is 9.59 Å². The summed E-state index contributed by atoms with van der Waals surface area (Å²) < 4.78 is 37.1. The Kier molecular flexibility index (Phi) is 11.1. The lowest BCUT2D eigenvalue weighted by molar-refractivity contribution is -0.157. The lowest BCUT2D eigenvalue weighted by Gasteiger charge is -2.62. The average Bonchev–Trinajstić information content (AvgIpc) is 4.04. The number of unbranched alkanes of at least 4 members (excludes halogenated alkanes) is 1. The zero-order valence-corrected chi connectivity index (χ0v) is 39.6. The highest BCUT2D eigenvalue weighted by Gasteiger charge is 2.62. The van der Waals surface area contributed by atoms with Crippen LogP contribution in [0.25, 0.3) is 0 Å². The fraction of sp³-hybridized carbons (Fsp3) is 0.542. The van der Waals surface area contributed by atoms with Crippen LogP contribution < -0.4 is 39.6 Å². The zero-order chi connectivity index (χ0) is 46.6. The minimum atomic E-state index is -1.40. The fourth-order valence-corrected chi connectivity index (χ4v) is 15.7. The first kappa shape index (κ1) is 44.3. The second-order valence-electron chi connectivity index (χ2n) is 18.8. The number of piperazine rings is 1. The molecule has 0 aromatic heterocycles. The van der Waals surface area contributed by atoms with E-state index in [2.05, 4.69) is 31.8 Å². The number of phenols is 2. The molecule has 4 unspecified atom stereocenters. The van der Waals surface area contributed by atoms with E-state index in [0.29, 0.717) is 76.6 Å². The quantitative estimate of drug-likeness (QED) is 0.0897. The predicted molar refractivity (Wildman–Crippen MR) is 246 cm³/mol. The maximum atomic E-state index is 15.0. The van der Waals surface area contributed by atoms with Crippen LogP contribution in [0.3, 0.4) is 0 Å². The van der Waals surface area contributed by atoms with Crippen molar-refractivity contribution < 1.29 is 53.0 Å². The number of rotatable bonds is 8. The number of fused-ring (bicyclic) bond motifs is 10. The molecule has 10 atom stereocenters. The molecule has 0 saturated carbocycles. The summed E-state index contributed by atoms with van der Waals surface area (Å²) in [6.45, 7) is 3.90. The van der Waals surface area contributed by atoms with Crippen LogP contribution in [0.4, 0.5) is 4.79 Å². The standard InChI is InChI=1S/C48H54N6O11S2/c1-21-12-24-13-27-28(16-49)54-29-17-62-46(58)48(25-15-31(60-4)30(55)14-23(25)10-11-50-48)19-67-45(39(54)38(53(27)3)34(24)40(57)41(21)61-5)36-35(29)44-43(63-20-64-44)22(2)42(36)65-33(56)9-7-6-8-32-37-26(18-66-32)51-47(59)52-37/h12,14-15,26-29,32,37-39,45,50,55,57H,6-11,13,17-20H2,1-5H3,(H2,51,52,59)/t26?,27-,28-,29-,32?,37?,38+,39?,45+,48+/m0/s1. The van der Waals surface area contributed by atoms with Gasteiger partial charge in [0.05, 0.1) is 49.7 Å². The summed E-state index contributed by atoms with van der Waals surface area (Å²) in [5, 5.41) is 43.7.